The third-order valence-electron chi connectivity index (χ3n) is 3.44. The molecule has 0 aliphatic heterocycles. The minimum Gasteiger partial charge on any atom is -0.478 e. The van der Waals surface area contributed by atoms with Crippen molar-refractivity contribution in [1.82, 2.24) is 4.57 Å². The third kappa shape index (κ3) is 4.08. The Labute approximate surface area is 133 Å². The average molecular weight is 314 g/mol. The first-order valence-corrected chi connectivity index (χ1v) is 7.13. The number of nitrogens with two attached hydrogens (primary N) is 1. The highest BCUT2D eigenvalue weighted by molar-refractivity contribution is 5.89. The molecule has 1 aromatic carbocycles. The van der Waals surface area contributed by atoms with Gasteiger partial charge in [0.25, 0.3) is 0 Å². The molecule has 0 saturated carbocycles. The Hall–Kier alpha value is -2.86. The van der Waals surface area contributed by atoms with Gasteiger partial charge in [0.1, 0.15) is 0 Å². The molecule has 2 aromatic rings. The first-order chi connectivity index (χ1) is 11.0. The van der Waals surface area contributed by atoms with Crippen LogP contribution in [-0.4, -0.2) is 33.3 Å². The lowest BCUT2D eigenvalue weighted by Gasteiger charge is -2.07. The highest BCUT2D eigenvalue weighted by Crippen LogP contribution is 2.36. The van der Waals surface area contributed by atoms with Crippen LogP contribution in [-0.2, 0) is 22.6 Å². The summed E-state index contributed by atoms with van der Waals surface area (Å²) in [4.78, 5) is 19.1. The molecular weight excluding hydrogens is 296 g/mol. The number of carboxylic acid groups (broad SMARTS) is 2. The smallest absolute Gasteiger partial charge is 0.328 e. The van der Waals surface area contributed by atoms with Crippen LogP contribution in [0.2, 0.25) is 0 Å². The van der Waals surface area contributed by atoms with Gasteiger partial charge in [-0.05, 0) is 17.2 Å². The molecule has 6 nitrogen and oxygen atoms in total. The van der Waals surface area contributed by atoms with Gasteiger partial charge < -0.3 is 20.5 Å². The van der Waals surface area contributed by atoms with Crippen molar-refractivity contribution in [3.8, 4) is 11.3 Å². The van der Waals surface area contributed by atoms with Crippen LogP contribution < -0.4 is 5.73 Å². The Kier molecular flexibility index (Phi) is 5.32. The number of carboxylic acids is 2. The van der Waals surface area contributed by atoms with Crippen molar-refractivity contribution >= 4 is 11.9 Å². The molecule has 4 N–H and O–H groups in total. The fourth-order valence-electron chi connectivity index (χ4n) is 2.57. The molecule has 0 fully saturated rings. The van der Waals surface area contributed by atoms with Gasteiger partial charge in [-0.25, -0.2) is 9.59 Å². The summed E-state index contributed by atoms with van der Waals surface area (Å²) in [6.45, 7) is 1.60. The van der Waals surface area contributed by atoms with Crippen molar-refractivity contribution in [2.24, 2.45) is 5.73 Å². The number of nitrogens with zero attached hydrogens (tertiary/aromatic N) is 1. The molecule has 0 spiro atoms. The zero-order valence-electron chi connectivity index (χ0n) is 12.5. The standard InChI is InChI=1S/C13H14N2.C4H4O4/c14-6-8-15-7-5-11-9-10-3-1-2-4-12(10)13(11)15;5-3(6)1-2-4(7)8/h1-5,7H,6,8-9,14H2;1-2H,(H,5,6)(H,7,8). The molecule has 1 heterocycles. The largest absolute Gasteiger partial charge is 0.478 e. The number of rotatable bonds is 4. The van der Waals surface area contributed by atoms with Crippen LogP contribution in [0, 0.1) is 0 Å². The summed E-state index contributed by atoms with van der Waals surface area (Å²) in [6.07, 6.45) is 4.33. The van der Waals surface area contributed by atoms with Crippen molar-refractivity contribution in [2.45, 2.75) is 13.0 Å². The van der Waals surface area contributed by atoms with E-state index in [9.17, 15) is 9.59 Å². The molecule has 0 amide bonds. The Bertz CT molecular complexity index is 731. The average Bonchev–Trinajstić information content (AvgIpc) is 3.06. The second-order valence-electron chi connectivity index (χ2n) is 5.02. The van der Waals surface area contributed by atoms with Gasteiger partial charge in [-0.15, -0.1) is 0 Å². The summed E-state index contributed by atoms with van der Waals surface area (Å²) in [6, 6.07) is 10.8. The van der Waals surface area contributed by atoms with E-state index in [2.05, 4.69) is 41.1 Å². The number of carbonyl (C=O) groups is 2. The van der Waals surface area contributed by atoms with Gasteiger partial charge in [0.15, 0.2) is 0 Å². The number of benzene rings is 1. The Balaban J connectivity index is 0.000000207. The first kappa shape index (κ1) is 16.5. The molecule has 3 rings (SSSR count). The Morgan fingerprint density at radius 1 is 1.09 bits per heavy atom. The summed E-state index contributed by atoms with van der Waals surface area (Å²) >= 11 is 0. The van der Waals surface area contributed by atoms with E-state index in [1.165, 1.54) is 22.4 Å². The number of hydrogen-bond acceptors (Lipinski definition) is 3. The maximum Gasteiger partial charge on any atom is 0.328 e. The van der Waals surface area contributed by atoms with Crippen LogP contribution in [0.5, 0.6) is 0 Å². The first-order valence-electron chi connectivity index (χ1n) is 7.13. The Morgan fingerprint density at radius 3 is 2.35 bits per heavy atom. The summed E-state index contributed by atoms with van der Waals surface area (Å²) in [5.41, 5.74) is 11.2. The monoisotopic (exact) mass is 314 g/mol. The van der Waals surface area contributed by atoms with E-state index in [1.807, 2.05) is 0 Å². The summed E-state index contributed by atoms with van der Waals surface area (Å²) in [5, 5.41) is 15.6. The lowest BCUT2D eigenvalue weighted by Crippen LogP contribution is -2.09. The van der Waals surface area contributed by atoms with Crippen molar-refractivity contribution < 1.29 is 19.8 Å². The van der Waals surface area contributed by atoms with Crippen molar-refractivity contribution in [3.05, 3.63) is 59.8 Å². The van der Waals surface area contributed by atoms with Crippen LogP contribution in [0.1, 0.15) is 11.1 Å². The molecule has 1 aromatic heterocycles. The fourth-order valence-corrected chi connectivity index (χ4v) is 2.57. The van der Waals surface area contributed by atoms with E-state index in [0.717, 1.165) is 13.0 Å². The van der Waals surface area contributed by atoms with E-state index >= 15 is 0 Å². The van der Waals surface area contributed by atoms with Gasteiger partial charge in [0.2, 0.25) is 0 Å². The minimum absolute atomic E-state index is 0.558. The molecule has 0 atom stereocenters. The summed E-state index contributed by atoms with van der Waals surface area (Å²) < 4.78 is 2.27. The van der Waals surface area contributed by atoms with E-state index in [0.29, 0.717) is 18.7 Å². The predicted molar refractivity (Wildman–Crippen MR) is 86.1 cm³/mol. The highest BCUT2D eigenvalue weighted by Gasteiger charge is 2.20. The second kappa shape index (κ2) is 7.42. The van der Waals surface area contributed by atoms with Gasteiger partial charge in [0, 0.05) is 43.4 Å². The van der Waals surface area contributed by atoms with Crippen LogP contribution >= 0.6 is 0 Å². The van der Waals surface area contributed by atoms with Gasteiger partial charge >= 0.3 is 11.9 Å². The molecular formula is C17H18N2O4. The molecule has 1 aliphatic carbocycles. The normalized spacial score (nSPS) is 11.5. The van der Waals surface area contributed by atoms with Crippen LogP contribution in [0.15, 0.2) is 48.7 Å². The predicted octanol–water partition coefficient (Wildman–Crippen LogP) is 1.73. The number of fused-ring (bicyclic) bond motifs is 3. The molecule has 23 heavy (non-hydrogen) atoms. The van der Waals surface area contributed by atoms with Crippen LogP contribution in [0.3, 0.4) is 0 Å². The van der Waals surface area contributed by atoms with E-state index in [4.69, 9.17) is 15.9 Å². The summed E-state index contributed by atoms with van der Waals surface area (Å²) in [5.74, 6) is -2.51. The lowest BCUT2D eigenvalue weighted by molar-refractivity contribution is -0.134. The maximum atomic E-state index is 9.55. The number of aliphatic carboxylic acids is 2. The minimum atomic E-state index is -1.26. The SMILES string of the molecule is NCCn1ccc2c1-c1ccccc1C2.O=C(O)C=CC(=O)O. The highest BCUT2D eigenvalue weighted by atomic mass is 16.4. The van der Waals surface area contributed by atoms with Gasteiger partial charge in [0.05, 0.1) is 5.69 Å². The van der Waals surface area contributed by atoms with Gasteiger partial charge in [-0.1, -0.05) is 24.3 Å². The van der Waals surface area contributed by atoms with Gasteiger partial charge in [-0.2, -0.15) is 0 Å². The quantitative estimate of drug-likeness (QED) is 0.636. The van der Waals surface area contributed by atoms with E-state index < -0.39 is 11.9 Å². The third-order valence-corrected chi connectivity index (χ3v) is 3.44. The number of hydrogen-bond donors (Lipinski definition) is 3. The lowest BCUT2D eigenvalue weighted by atomic mass is 10.1. The maximum absolute atomic E-state index is 9.55. The molecule has 6 heteroatoms. The number of aromatic nitrogens is 1. The Morgan fingerprint density at radius 2 is 1.74 bits per heavy atom. The van der Waals surface area contributed by atoms with Crippen LogP contribution in [0.4, 0.5) is 0 Å². The summed E-state index contributed by atoms with van der Waals surface area (Å²) in [7, 11) is 0. The van der Waals surface area contributed by atoms with Crippen molar-refractivity contribution in [3.63, 3.8) is 0 Å². The molecule has 0 unspecified atom stereocenters. The van der Waals surface area contributed by atoms with E-state index in [-0.39, 0.29) is 0 Å². The fraction of sp³-hybridized carbons (Fsp3) is 0.176. The van der Waals surface area contributed by atoms with Crippen molar-refractivity contribution in [2.75, 3.05) is 6.54 Å². The van der Waals surface area contributed by atoms with E-state index in [1.54, 1.807) is 0 Å². The second-order valence-corrected chi connectivity index (χ2v) is 5.02. The zero-order chi connectivity index (χ0) is 16.8. The van der Waals surface area contributed by atoms with Crippen molar-refractivity contribution in [1.29, 1.82) is 0 Å². The molecule has 120 valence electrons. The molecule has 0 bridgehead atoms. The topological polar surface area (TPSA) is 106 Å². The van der Waals surface area contributed by atoms with Crippen LogP contribution in [0.25, 0.3) is 11.3 Å². The molecule has 0 saturated heterocycles. The molecule has 0 radical (unpaired) electrons. The van der Waals surface area contributed by atoms with Gasteiger partial charge in [-0.3, -0.25) is 0 Å². The molecule has 1 aliphatic rings. The zero-order valence-corrected chi connectivity index (χ0v) is 12.5.